The number of anilines is 3. The Morgan fingerprint density at radius 3 is 2.38 bits per heavy atom. The van der Waals surface area contributed by atoms with E-state index in [4.69, 9.17) is 9.47 Å². The fraction of sp³-hybridized carbons (Fsp3) is 0.412. The van der Waals surface area contributed by atoms with Gasteiger partial charge in [-0.1, -0.05) is 68.4 Å². The molecule has 3 aliphatic rings. The number of carbonyl (C=O) groups is 3. The molecule has 478 valence electrons. The van der Waals surface area contributed by atoms with Crippen LogP contribution < -0.4 is 32.0 Å². The van der Waals surface area contributed by atoms with Gasteiger partial charge in [0, 0.05) is 107 Å². The van der Waals surface area contributed by atoms with Gasteiger partial charge >= 0.3 is 0 Å². The van der Waals surface area contributed by atoms with Crippen molar-refractivity contribution in [3.63, 3.8) is 0 Å². The molecule has 2 saturated heterocycles. The van der Waals surface area contributed by atoms with Crippen LogP contribution in [0.3, 0.4) is 0 Å². The van der Waals surface area contributed by atoms with Gasteiger partial charge in [0.2, 0.25) is 17.7 Å². The van der Waals surface area contributed by atoms with Crippen molar-refractivity contribution in [3.05, 3.63) is 170 Å². The summed E-state index contributed by atoms with van der Waals surface area (Å²) in [4.78, 5) is 80.0. The van der Waals surface area contributed by atoms with Gasteiger partial charge in [-0.05, 0) is 112 Å². The number of benzene rings is 3. The fourth-order valence-electron chi connectivity index (χ4n) is 12.0. The number of aromatic nitrogens is 6. The van der Waals surface area contributed by atoms with Crippen LogP contribution in [0.1, 0.15) is 80.3 Å². The first-order valence-corrected chi connectivity index (χ1v) is 32.0. The smallest absolute Gasteiger partial charge is 0.274 e. The molecule has 0 spiro atoms. The molecule has 3 atom stereocenters. The molecule has 5 N–H and O–H groups in total. The minimum absolute atomic E-state index is 0.00182. The maximum absolute atomic E-state index is 15.5. The van der Waals surface area contributed by atoms with Crippen molar-refractivity contribution < 1.29 is 38.5 Å². The average Bonchev–Trinajstić information content (AvgIpc) is 1.34. The lowest BCUT2D eigenvalue weighted by Crippen LogP contribution is -2.57. The highest BCUT2D eigenvalue weighted by atomic mass is 32.1. The number of pyridine rings is 3. The molecule has 7 heterocycles. The third-order valence-electron chi connectivity index (χ3n) is 17.2. The van der Waals surface area contributed by atoms with Crippen LogP contribution >= 0.6 is 11.3 Å². The van der Waals surface area contributed by atoms with E-state index in [1.807, 2.05) is 75.5 Å². The summed E-state index contributed by atoms with van der Waals surface area (Å²) < 4.78 is 31.8. The summed E-state index contributed by atoms with van der Waals surface area (Å²) >= 11 is 1.68. The van der Waals surface area contributed by atoms with E-state index in [1.54, 1.807) is 65.9 Å². The number of piperazine rings is 1. The van der Waals surface area contributed by atoms with E-state index in [2.05, 4.69) is 59.4 Å². The van der Waals surface area contributed by atoms with Crippen molar-refractivity contribution in [2.75, 3.05) is 75.9 Å². The summed E-state index contributed by atoms with van der Waals surface area (Å²) in [6, 6.07) is 24.2. The summed E-state index contributed by atoms with van der Waals surface area (Å²) in [6.07, 6.45) is 8.70. The lowest BCUT2D eigenvalue weighted by atomic mass is 9.85. The number of hydrogen-bond acceptors (Lipinski definition) is 16. The largest absolute Gasteiger partial charge is 0.392 e. The Labute approximate surface area is 531 Å². The summed E-state index contributed by atoms with van der Waals surface area (Å²) in [6.45, 7) is 13.5. The van der Waals surface area contributed by atoms with E-state index >= 15 is 4.39 Å². The number of β-amino-alcohol motifs (C(OH)–C–C–N with tert-alkyl or cyclic N) is 1. The van der Waals surface area contributed by atoms with Gasteiger partial charge in [-0.2, -0.15) is 0 Å². The molecule has 2 aliphatic heterocycles. The van der Waals surface area contributed by atoms with Crippen LogP contribution in [0.4, 0.5) is 21.6 Å². The number of rotatable bonds is 25. The monoisotopic (exact) mass is 1260 g/mol. The van der Waals surface area contributed by atoms with Crippen LogP contribution in [0.15, 0.2) is 125 Å². The molecule has 0 radical (unpaired) electrons. The maximum atomic E-state index is 15.5. The number of aryl methyl sites for hydroxylation is 2. The molecule has 0 unspecified atom stereocenters. The average molecular weight is 1260 g/mol. The Bertz CT molecular complexity index is 4020. The van der Waals surface area contributed by atoms with Crippen LogP contribution in [0.5, 0.6) is 0 Å². The number of nitrogens with zero attached hydrogens (tertiary/aromatic N) is 9. The Kier molecular flexibility index (Phi) is 20.0. The first-order valence-electron chi connectivity index (χ1n) is 31.1. The SMILES string of the molecule is Cc1ccsc1-c1ccc(CNC(=O)[C@@H]2C[C@@H](O)CN2C(=O)[C@@H](NC(=O)CCOCCc2cn(CCOCCN3CCN(c4ccc(Nc5cc(-c6cccc(-n7ccc8cc(C9CC9)cc(F)c8c7=O)c6CO)cn(C)c5=O)nc4)CC3)nn2)C(C)(C)C)cc1. The van der Waals surface area contributed by atoms with E-state index < -0.39 is 47.5 Å². The van der Waals surface area contributed by atoms with Crippen molar-refractivity contribution in [1.82, 2.24) is 49.5 Å². The van der Waals surface area contributed by atoms with E-state index in [9.17, 15) is 34.2 Å². The first-order chi connectivity index (χ1) is 43.9. The Morgan fingerprint density at radius 2 is 1.66 bits per heavy atom. The lowest BCUT2D eigenvalue weighted by molar-refractivity contribution is -0.144. The quantitative estimate of drug-likeness (QED) is 0.0355. The zero-order chi connectivity index (χ0) is 63.9. The predicted molar refractivity (Wildman–Crippen MR) is 348 cm³/mol. The molecule has 1 aliphatic carbocycles. The molecular weight excluding hydrogens is 1180 g/mol. The van der Waals surface area contributed by atoms with Crippen molar-refractivity contribution in [2.24, 2.45) is 12.5 Å². The molecule has 0 bridgehead atoms. The number of carbonyl (C=O) groups excluding carboxylic acids is 3. The van der Waals surface area contributed by atoms with Crippen LogP contribution in [-0.4, -0.2) is 151 Å². The van der Waals surface area contributed by atoms with Gasteiger partial charge in [-0.15, -0.1) is 16.4 Å². The molecule has 5 aromatic heterocycles. The molecule has 91 heavy (non-hydrogen) atoms. The van der Waals surface area contributed by atoms with Gasteiger partial charge in [0.25, 0.3) is 11.1 Å². The highest BCUT2D eigenvalue weighted by Gasteiger charge is 2.44. The van der Waals surface area contributed by atoms with Gasteiger partial charge in [-0.3, -0.25) is 33.4 Å². The standard InChI is InChI=1S/C68H79FN12O9S/c1-43-20-32-91-62(43)46-11-9-44(10-12-46)37-71-64(85)58-36-52(83)41-81(58)67(88)63(68(2,3)4)73-60(84)19-29-89-28-18-50-40-79(75-74-50)27-31-90-30-26-77-22-24-78(25-23-77)51-15-16-59(70-38-51)72-56-35-49(39-76(5)65(56)86)53-7-6-8-57(54(53)42-82)80-21-17-47-33-48(45-13-14-45)34-55(69)61(47)66(80)87/h6-12,15-17,20-21,32-35,38-40,45,52,58,63,82-83H,13-14,18-19,22-31,36-37,41-42H2,1-5H3,(H,70,72)(H,71,85)(H,73,84)/t52-,58+,63-/m1/s1. The zero-order valence-corrected chi connectivity index (χ0v) is 52.9. The summed E-state index contributed by atoms with van der Waals surface area (Å²) in [5, 5.41) is 41.5. The number of amides is 3. The topological polar surface area (TPSA) is 244 Å². The Hall–Kier alpha value is -8.45. The molecule has 3 amide bonds. The summed E-state index contributed by atoms with van der Waals surface area (Å²) in [7, 11) is 1.65. The van der Waals surface area contributed by atoms with Gasteiger partial charge in [0.1, 0.15) is 29.4 Å². The number of nitrogens with one attached hydrogen (secondary N) is 3. The number of thiophene rings is 1. The number of hydrogen-bond donors (Lipinski definition) is 5. The van der Waals surface area contributed by atoms with E-state index in [1.165, 1.54) is 30.5 Å². The van der Waals surface area contributed by atoms with Gasteiger partial charge < -0.3 is 50.0 Å². The molecular formula is C68H79FN12O9S. The third kappa shape index (κ3) is 15.3. The zero-order valence-electron chi connectivity index (χ0n) is 52.1. The number of aliphatic hydroxyl groups is 2. The van der Waals surface area contributed by atoms with Gasteiger partial charge in [-0.25, -0.2) is 14.1 Å². The highest BCUT2D eigenvalue weighted by molar-refractivity contribution is 7.13. The fourth-order valence-corrected chi connectivity index (χ4v) is 12.9. The van der Waals surface area contributed by atoms with E-state index in [-0.39, 0.29) is 61.0 Å². The molecule has 8 aromatic rings. The first kappa shape index (κ1) is 64.1. The minimum Gasteiger partial charge on any atom is -0.392 e. The van der Waals surface area contributed by atoms with Crippen molar-refractivity contribution in [3.8, 4) is 27.3 Å². The second kappa shape index (κ2) is 28.4. The summed E-state index contributed by atoms with van der Waals surface area (Å²) in [5.74, 6) is -0.893. The second-order valence-electron chi connectivity index (χ2n) is 24.9. The predicted octanol–water partition coefficient (Wildman–Crippen LogP) is 7.23. The number of ether oxygens (including phenoxy) is 2. The number of likely N-dealkylation sites (tertiary alicyclic amines) is 1. The van der Waals surface area contributed by atoms with Crippen LogP contribution in [0.2, 0.25) is 0 Å². The Morgan fingerprint density at radius 1 is 0.879 bits per heavy atom. The van der Waals surface area contributed by atoms with Crippen LogP contribution in [0, 0.1) is 18.2 Å². The second-order valence-corrected chi connectivity index (χ2v) is 25.8. The maximum Gasteiger partial charge on any atom is 0.274 e. The van der Waals surface area contributed by atoms with Crippen molar-refractivity contribution in [1.29, 1.82) is 0 Å². The van der Waals surface area contributed by atoms with E-state index in [0.717, 1.165) is 73.6 Å². The number of fused-ring (bicyclic) bond motifs is 1. The molecule has 21 nitrogen and oxygen atoms in total. The normalized spacial score (nSPS) is 16.6. The third-order valence-corrected chi connectivity index (χ3v) is 18.3. The highest BCUT2D eigenvalue weighted by Crippen LogP contribution is 2.41. The molecule has 23 heteroatoms. The lowest BCUT2D eigenvalue weighted by Gasteiger charge is -2.35. The minimum atomic E-state index is -0.942. The molecule has 1 saturated carbocycles. The van der Waals surface area contributed by atoms with E-state index in [0.29, 0.717) is 72.3 Å². The number of aliphatic hydroxyl groups excluding tert-OH is 2. The van der Waals surface area contributed by atoms with Crippen LogP contribution in [-0.2, 0) is 57.0 Å². The van der Waals surface area contributed by atoms with Crippen LogP contribution in [0.25, 0.3) is 38.0 Å². The van der Waals surface area contributed by atoms with Crippen molar-refractivity contribution in [2.45, 2.75) is 104 Å². The Balaban J connectivity index is 0.576. The van der Waals surface area contributed by atoms with Crippen molar-refractivity contribution >= 4 is 57.0 Å². The van der Waals surface area contributed by atoms with Gasteiger partial charge in [0.15, 0.2) is 0 Å². The van der Waals surface area contributed by atoms with Gasteiger partial charge in [0.05, 0.1) is 74.3 Å². The molecule has 11 rings (SSSR count). The summed E-state index contributed by atoms with van der Waals surface area (Å²) in [5.41, 5.74) is 6.70. The number of halogens is 1. The molecule has 3 aromatic carbocycles. The molecule has 3 fully saturated rings.